The van der Waals surface area contributed by atoms with Crippen LogP contribution in [0.3, 0.4) is 0 Å². The summed E-state index contributed by atoms with van der Waals surface area (Å²) in [5, 5.41) is 2.97. The Morgan fingerprint density at radius 2 is 2.13 bits per heavy atom. The molecule has 0 saturated heterocycles. The molecule has 82 valence electrons. The largest absolute Gasteiger partial charge is 0.459 e. The van der Waals surface area contributed by atoms with E-state index in [1.807, 2.05) is 32.0 Å². The van der Waals surface area contributed by atoms with Crippen LogP contribution in [-0.2, 0) is 4.74 Å². The van der Waals surface area contributed by atoms with E-state index in [0.29, 0.717) is 5.56 Å². The summed E-state index contributed by atoms with van der Waals surface area (Å²) in [5.41, 5.74) is 1.38. The molecule has 0 spiro atoms. The van der Waals surface area contributed by atoms with E-state index < -0.39 is 0 Å². The van der Waals surface area contributed by atoms with Crippen molar-refractivity contribution in [1.29, 1.82) is 0 Å². The minimum Gasteiger partial charge on any atom is -0.459 e. The number of carbonyl (C=O) groups excluding carboxylic acids is 1. The summed E-state index contributed by atoms with van der Waals surface area (Å²) in [6.45, 7) is 3.88. The third kappa shape index (κ3) is 2.98. The highest BCUT2D eigenvalue weighted by atomic mass is 16.5. The lowest BCUT2D eigenvalue weighted by molar-refractivity contribution is 0.0335. The van der Waals surface area contributed by atoms with Gasteiger partial charge in [0.05, 0.1) is 11.7 Å². The lowest BCUT2D eigenvalue weighted by Gasteiger charge is -2.12. The number of hydrogen-bond acceptors (Lipinski definition) is 3. The van der Waals surface area contributed by atoms with Gasteiger partial charge in [0, 0.05) is 12.7 Å². The maximum absolute atomic E-state index is 11.7. The van der Waals surface area contributed by atoms with Crippen LogP contribution in [-0.4, -0.2) is 19.1 Å². The Hall–Kier alpha value is -1.51. The molecule has 0 aliphatic rings. The normalized spacial score (nSPS) is 11.9. The van der Waals surface area contributed by atoms with Crippen molar-refractivity contribution in [1.82, 2.24) is 0 Å². The van der Waals surface area contributed by atoms with Gasteiger partial charge < -0.3 is 10.1 Å². The zero-order valence-electron chi connectivity index (χ0n) is 9.41. The van der Waals surface area contributed by atoms with Crippen molar-refractivity contribution in [3.05, 3.63) is 29.8 Å². The van der Waals surface area contributed by atoms with Crippen LogP contribution in [0.15, 0.2) is 24.3 Å². The van der Waals surface area contributed by atoms with Crippen LogP contribution in [0.2, 0.25) is 0 Å². The molecule has 1 atom stereocenters. The number of anilines is 1. The zero-order chi connectivity index (χ0) is 11.3. The van der Waals surface area contributed by atoms with Crippen LogP contribution in [0.1, 0.15) is 30.6 Å². The van der Waals surface area contributed by atoms with Crippen molar-refractivity contribution in [2.75, 3.05) is 12.4 Å². The van der Waals surface area contributed by atoms with E-state index in [-0.39, 0.29) is 12.1 Å². The highest BCUT2D eigenvalue weighted by molar-refractivity contribution is 5.95. The van der Waals surface area contributed by atoms with Gasteiger partial charge in [0.15, 0.2) is 0 Å². The topological polar surface area (TPSA) is 38.3 Å². The molecule has 3 nitrogen and oxygen atoms in total. The highest BCUT2D eigenvalue weighted by Crippen LogP contribution is 2.16. The number of esters is 1. The van der Waals surface area contributed by atoms with Crippen LogP contribution >= 0.6 is 0 Å². The van der Waals surface area contributed by atoms with Gasteiger partial charge in [-0.25, -0.2) is 4.79 Å². The Bertz CT molecular complexity index is 336. The minimum atomic E-state index is -0.269. The Balaban J connectivity index is 2.81. The number of ether oxygens (including phenoxy) is 1. The van der Waals surface area contributed by atoms with Gasteiger partial charge in [-0.3, -0.25) is 0 Å². The maximum atomic E-state index is 11.7. The molecule has 1 unspecified atom stereocenters. The van der Waals surface area contributed by atoms with E-state index in [1.54, 1.807) is 13.1 Å². The van der Waals surface area contributed by atoms with Gasteiger partial charge >= 0.3 is 5.97 Å². The van der Waals surface area contributed by atoms with E-state index in [4.69, 9.17) is 4.74 Å². The van der Waals surface area contributed by atoms with Crippen LogP contribution in [0.4, 0.5) is 5.69 Å². The standard InChI is InChI=1S/C12H17NO2/c1-4-9(2)15-12(14)10-7-5-6-8-11(10)13-3/h5-9,13H,4H2,1-3H3. The van der Waals surface area contributed by atoms with Gasteiger partial charge in [-0.05, 0) is 25.5 Å². The number of nitrogens with one attached hydrogen (secondary N) is 1. The van der Waals surface area contributed by atoms with Gasteiger partial charge in [-0.15, -0.1) is 0 Å². The smallest absolute Gasteiger partial charge is 0.340 e. The molecule has 0 fully saturated rings. The lowest BCUT2D eigenvalue weighted by atomic mass is 10.2. The van der Waals surface area contributed by atoms with E-state index in [1.165, 1.54) is 0 Å². The van der Waals surface area contributed by atoms with Crippen molar-refractivity contribution in [3.8, 4) is 0 Å². The summed E-state index contributed by atoms with van der Waals surface area (Å²) in [6.07, 6.45) is 0.787. The first-order valence-electron chi connectivity index (χ1n) is 5.16. The second kappa shape index (κ2) is 5.39. The quantitative estimate of drug-likeness (QED) is 0.771. The zero-order valence-corrected chi connectivity index (χ0v) is 9.41. The molecule has 0 radical (unpaired) electrons. The number of hydrogen-bond donors (Lipinski definition) is 1. The molecule has 0 heterocycles. The highest BCUT2D eigenvalue weighted by Gasteiger charge is 2.13. The van der Waals surface area contributed by atoms with Crippen LogP contribution < -0.4 is 5.32 Å². The molecule has 0 saturated carbocycles. The molecule has 1 aromatic rings. The molecule has 0 bridgehead atoms. The lowest BCUT2D eigenvalue weighted by Crippen LogP contribution is -2.15. The van der Waals surface area contributed by atoms with Crippen molar-refractivity contribution in [2.24, 2.45) is 0 Å². The summed E-state index contributed by atoms with van der Waals surface area (Å²) in [6, 6.07) is 7.32. The van der Waals surface area contributed by atoms with Crippen molar-refractivity contribution in [2.45, 2.75) is 26.4 Å². The van der Waals surface area contributed by atoms with Crippen molar-refractivity contribution < 1.29 is 9.53 Å². The molecular formula is C12H17NO2. The minimum absolute atomic E-state index is 0.0394. The fourth-order valence-corrected chi connectivity index (χ4v) is 1.21. The number of rotatable bonds is 4. The first-order valence-corrected chi connectivity index (χ1v) is 5.16. The monoisotopic (exact) mass is 207 g/mol. The fourth-order valence-electron chi connectivity index (χ4n) is 1.21. The van der Waals surface area contributed by atoms with Gasteiger partial charge in [0.2, 0.25) is 0 Å². The first kappa shape index (κ1) is 11.6. The summed E-state index contributed by atoms with van der Waals surface area (Å²) in [7, 11) is 1.79. The van der Waals surface area contributed by atoms with E-state index >= 15 is 0 Å². The molecule has 15 heavy (non-hydrogen) atoms. The van der Waals surface area contributed by atoms with Crippen LogP contribution in [0, 0.1) is 0 Å². The molecule has 0 aliphatic carbocycles. The molecule has 1 N–H and O–H groups in total. The molecule has 0 amide bonds. The second-order valence-corrected chi connectivity index (χ2v) is 3.42. The van der Waals surface area contributed by atoms with Crippen LogP contribution in [0.25, 0.3) is 0 Å². The second-order valence-electron chi connectivity index (χ2n) is 3.42. The van der Waals surface area contributed by atoms with Crippen molar-refractivity contribution in [3.63, 3.8) is 0 Å². The van der Waals surface area contributed by atoms with Crippen LogP contribution in [0.5, 0.6) is 0 Å². The van der Waals surface area contributed by atoms with E-state index in [9.17, 15) is 4.79 Å². The average molecular weight is 207 g/mol. The van der Waals surface area contributed by atoms with Gasteiger partial charge in [0.25, 0.3) is 0 Å². The van der Waals surface area contributed by atoms with Gasteiger partial charge in [-0.1, -0.05) is 19.1 Å². The Labute approximate surface area is 90.4 Å². The molecule has 1 aromatic carbocycles. The predicted molar refractivity (Wildman–Crippen MR) is 61.2 cm³/mol. The van der Waals surface area contributed by atoms with E-state index in [2.05, 4.69) is 5.32 Å². The summed E-state index contributed by atoms with van der Waals surface area (Å²) in [4.78, 5) is 11.7. The van der Waals surface area contributed by atoms with Crippen molar-refractivity contribution >= 4 is 11.7 Å². The Kier molecular flexibility index (Phi) is 4.16. The molecule has 3 heteroatoms. The Morgan fingerprint density at radius 1 is 1.47 bits per heavy atom. The molecule has 0 aromatic heterocycles. The first-order chi connectivity index (χ1) is 7.19. The number of carbonyl (C=O) groups is 1. The fraction of sp³-hybridized carbons (Fsp3) is 0.417. The molecule has 0 aliphatic heterocycles. The Morgan fingerprint density at radius 3 is 2.73 bits per heavy atom. The average Bonchev–Trinajstić information content (AvgIpc) is 2.28. The summed E-state index contributed by atoms with van der Waals surface area (Å²) in [5.74, 6) is -0.269. The third-order valence-electron chi connectivity index (χ3n) is 2.30. The summed E-state index contributed by atoms with van der Waals surface area (Å²) < 4.78 is 5.25. The number of benzene rings is 1. The molecular weight excluding hydrogens is 190 g/mol. The van der Waals surface area contributed by atoms with Gasteiger partial charge in [0.1, 0.15) is 0 Å². The third-order valence-corrected chi connectivity index (χ3v) is 2.30. The summed E-state index contributed by atoms with van der Waals surface area (Å²) >= 11 is 0. The maximum Gasteiger partial charge on any atom is 0.340 e. The van der Waals surface area contributed by atoms with Gasteiger partial charge in [-0.2, -0.15) is 0 Å². The predicted octanol–water partition coefficient (Wildman–Crippen LogP) is 2.68. The number of para-hydroxylation sites is 1. The molecule has 1 rings (SSSR count). The van der Waals surface area contributed by atoms with E-state index in [0.717, 1.165) is 12.1 Å². The SMILES string of the molecule is CCC(C)OC(=O)c1ccccc1NC.